The maximum absolute atomic E-state index is 13.0. The van der Waals surface area contributed by atoms with E-state index in [-0.39, 0.29) is 5.91 Å². The third kappa shape index (κ3) is 4.93. The minimum Gasteiger partial charge on any atom is -0.489 e. The zero-order valence-corrected chi connectivity index (χ0v) is 17.2. The van der Waals surface area contributed by atoms with Crippen molar-refractivity contribution >= 4 is 11.6 Å². The molecule has 0 bridgehead atoms. The molecule has 1 amide bonds. The van der Waals surface area contributed by atoms with Gasteiger partial charge in [-0.3, -0.25) is 4.79 Å². The number of hydrogen-bond acceptors (Lipinski definition) is 3. The van der Waals surface area contributed by atoms with Crippen LogP contribution in [0.1, 0.15) is 50.7 Å². The highest BCUT2D eigenvalue weighted by atomic mass is 16.5. The highest BCUT2D eigenvalue weighted by Gasteiger charge is 2.41. The second-order valence-corrected chi connectivity index (χ2v) is 7.82. The summed E-state index contributed by atoms with van der Waals surface area (Å²) in [6, 6.07) is 15.9. The first-order valence-corrected chi connectivity index (χ1v) is 10.3. The Labute approximate surface area is 168 Å². The topological polar surface area (TPSA) is 47.6 Å². The van der Waals surface area contributed by atoms with Gasteiger partial charge in [-0.1, -0.05) is 37.3 Å². The molecule has 0 aromatic heterocycles. The fourth-order valence-electron chi connectivity index (χ4n) is 3.81. The molecule has 150 valence electrons. The van der Waals surface area contributed by atoms with Crippen LogP contribution < -0.4 is 10.1 Å². The highest BCUT2D eigenvalue weighted by molar-refractivity contribution is 5.97. The second-order valence-electron chi connectivity index (χ2n) is 7.82. The van der Waals surface area contributed by atoms with Gasteiger partial charge in [0.15, 0.2) is 0 Å². The zero-order valence-electron chi connectivity index (χ0n) is 17.2. The molecule has 0 heterocycles. The standard InChI is InChI=1S/C24H31NO3/c1-4-28-24(14-12-18(2)13-15-24)23(26)25-21-10-11-22(19(3)16-21)27-17-20-8-6-5-7-9-20/h5-11,16,18H,4,12-15,17H2,1-3H3,(H,25,26). The summed E-state index contributed by atoms with van der Waals surface area (Å²) in [6.07, 6.45) is 3.62. The van der Waals surface area contributed by atoms with Crippen molar-refractivity contribution in [3.63, 3.8) is 0 Å². The molecule has 0 spiro atoms. The lowest BCUT2D eigenvalue weighted by atomic mass is 9.78. The summed E-state index contributed by atoms with van der Waals surface area (Å²) in [5, 5.41) is 3.07. The van der Waals surface area contributed by atoms with E-state index in [1.165, 1.54) is 0 Å². The number of nitrogens with one attached hydrogen (secondary N) is 1. The van der Waals surface area contributed by atoms with Crippen LogP contribution in [0.25, 0.3) is 0 Å². The Kier molecular flexibility index (Phi) is 6.74. The lowest BCUT2D eigenvalue weighted by Gasteiger charge is -2.37. The maximum Gasteiger partial charge on any atom is 0.256 e. The number of anilines is 1. The Balaban J connectivity index is 1.65. The van der Waals surface area contributed by atoms with E-state index < -0.39 is 5.60 Å². The number of carbonyl (C=O) groups is 1. The Morgan fingerprint density at radius 1 is 1.14 bits per heavy atom. The molecule has 1 fully saturated rings. The first kappa shape index (κ1) is 20.4. The van der Waals surface area contributed by atoms with Gasteiger partial charge in [-0.05, 0) is 74.8 Å². The zero-order chi connectivity index (χ0) is 20.0. The van der Waals surface area contributed by atoms with Gasteiger partial charge in [0.25, 0.3) is 5.91 Å². The van der Waals surface area contributed by atoms with Gasteiger partial charge < -0.3 is 14.8 Å². The SMILES string of the molecule is CCOC1(C(=O)Nc2ccc(OCc3ccccc3)c(C)c2)CCC(C)CC1. The third-order valence-electron chi connectivity index (χ3n) is 5.59. The summed E-state index contributed by atoms with van der Waals surface area (Å²) in [5.74, 6) is 1.45. The van der Waals surface area contributed by atoms with E-state index in [1.807, 2.05) is 62.4 Å². The molecular formula is C24H31NO3. The average molecular weight is 382 g/mol. The quantitative estimate of drug-likeness (QED) is 0.689. The summed E-state index contributed by atoms with van der Waals surface area (Å²) in [4.78, 5) is 13.0. The Bertz CT molecular complexity index is 780. The molecule has 4 nitrogen and oxygen atoms in total. The van der Waals surface area contributed by atoms with Gasteiger partial charge >= 0.3 is 0 Å². The van der Waals surface area contributed by atoms with Gasteiger partial charge in [0.05, 0.1) is 0 Å². The van der Waals surface area contributed by atoms with Gasteiger partial charge in [0.2, 0.25) is 0 Å². The van der Waals surface area contributed by atoms with Crippen molar-refractivity contribution < 1.29 is 14.3 Å². The van der Waals surface area contributed by atoms with E-state index in [9.17, 15) is 4.79 Å². The molecule has 1 N–H and O–H groups in total. The number of ether oxygens (including phenoxy) is 2. The molecule has 0 aliphatic heterocycles. The Morgan fingerprint density at radius 3 is 2.50 bits per heavy atom. The molecule has 28 heavy (non-hydrogen) atoms. The number of aryl methyl sites for hydroxylation is 1. The van der Waals surface area contributed by atoms with Crippen LogP contribution in [-0.4, -0.2) is 18.1 Å². The van der Waals surface area contributed by atoms with Crippen molar-refractivity contribution in [3.8, 4) is 5.75 Å². The fourth-order valence-corrected chi connectivity index (χ4v) is 3.81. The second kappa shape index (κ2) is 9.24. The van der Waals surface area contributed by atoms with Crippen LogP contribution in [0.2, 0.25) is 0 Å². The summed E-state index contributed by atoms with van der Waals surface area (Å²) in [7, 11) is 0. The lowest BCUT2D eigenvalue weighted by Crippen LogP contribution is -2.48. The summed E-state index contributed by atoms with van der Waals surface area (Å²) >= 11 is 0. The van der Waals surface area contributed by atoms with Gasteiger partial charge in [0.1, 0.15) is 18.0 Å². The van der Waals surface area contributed by atoms with Crippen molar-refractivity contribution in [2.75, 3.05) is 11.9 Å². The first-order chi connectivity index (χ1) is 13.5. The summed E-state index contributed by atoms with van der Waals surface area (Å²) in [6.45, 7) is 7.27. The molecule has 2 aromatic rings. The van der Waals surface area contributed by atoms with E-state index in [1.54, 1.807) is 0 Å². The van der Waals surface area contributed by atoms with Crippen molar-refractivity contribution in [1.82, 2.24) is 0 Å². The summed E-state index contributed by atoms with van der Waals surface area (Å²) in [5.41, 5.74) is 2.21. The molecule has 0 radical (unpaired) electrons. The smallest absolute Gasteiger partial charge is 0.256 e. The van der Waals surface area contributed by atoms with Crippen LogP contribution in [0, 0.1) is 12.8 Å². The molecule has 1 aliphatic carbocycles. The molecule has 0 unspecified atom stereocenters. The minimum atomic E-state index is -0.697. The monoisotopic (exact) mass is 381 g/mol. The Morgan fingerprint density at radius 2 is 1.86 bits per heavy atom. The molecule has 1 aliphatic rings. The Hall–Kier alpha value is -2.33. The largest absolute Gasteiger partial charge is 0.489 e. The molecule has 3 rings (SSSR count). The molecule has 0 saturated heterocycles. The molecule has 4 heteroatoms. The maximum atomic E-state index is 13.0. The third-order valence-corrected chi connectivity index (χ3v) is 5.59. The molecular weight excluding hydrogens is 350 g/mol. The highest BCUT2D eigenvalue weighted by Crippen LogP contribution is 2.36. The van der Waals surface area contributed by atoms with Crippen LogP contribution in [-0.2, 0) is 16.1 Å². The fraction of sp³-hybridized carbons (Fsp3) is 0.458. The average Bonchev–Trinajstić information content (AvgIpc) is 2.70. The van der Waals surface area contributed by atoms with Gasteiger partial charge in [-0.15, -0.1) is 0 Å². The molecule has 0 atom stereocenters. The van der Waals surface area contributed by atoms with Crippen molar-refractivity contribution in [2.45, 2.75) is 58.7 Å². The van der Waals surface area contributed by atoms with Crippen LogP contribution in [0.3, 0.4) is 0 Å². The van der Waals surface area contributed by atoms with E-state index in [4.69, 9.17) is 9.47 Å². The number of benzene rings is 2. The predicted molar refractivity (Wildman–Crippen MR) is 113 cm³/mol. The predicted octanol–water partition coefficient (Wildman–Crippen LogP) is 5.50. The van der Waals surface area contributed by atoms with Gasteiger partial charge in [0, 0.05) is 12.3 Å². The van der Waals surface area contributed by atoms with E-state index in [0.29, 0.717) is 19.1 Å². The van der Waals surface area contributed by atoms with Crippen molar-refractivity contribution in [2.24, 2.45) is 5.92 Å². The minimum absolute atomic E-state index is 0.0291. The van der Waals surface area contributed by atoms with Gasteiger partial charge in [-0.25, -0.2) is 0 Å². The summed E-state index contributed by atoms with van der Waals surface area (Å²) < 4.78 is 11.9. The number of carbonyl (C=O) groups excluding carboxylic acids is 1. The lowest BCUT2D eigenvalue weighted by molar-refractivity contribution is -0.146. The van der Waals surface area contributed by atoms with Gasteiger partial charge in [-0.2, -0.15) is 0 Å². The number of hydrogen-bond donors (Lipinski definition) is 1. The van der Waals surface area contributed by atoms with Crippen LogP contribution >= 0.6 is 0 Å². The first-order valence-electron chi connectivity index (χ1n) is 10.3. The van der Waals surface area contributed by atoms with Crippen LogP contribution in [0.15, 0.2) is 48.5 Å². The molecule has 2 aromatic carbocycles. The molecule has 1 saturated carbocycles. The number of amides is 1. The van der Waals surface area contributed by atoms with Crippen LogP contribution in [0.4, 0.5) is 5.69 Å². The van der Waals surface area contributed by atoms with Crippen LogP contribution in [0.5, 0.6) is 5.75 Å². The van der Waals surface area contributed by atoms with E-state index in [2.05, 4.69) is 12.2 Å². The van der Waals surface area contributed by atoms with E-state index >= 15 is 0 Å². The van der Waals surface area contributed by atoms with Crippen molar-refractivity contribution in [1.29, 1.82) is 0 Å². The van der Waals surface area contributed by atoms with Crippen molar-refractivity contribution in [3.05, 3.63) is 59.7 Å². The van der Waals surface area contributed by atoms with E-state index in [0.717, 1.165) is 48.2 Å². The number of rotatable bonds is 7. The normalized spacial score (nSPS) is 21.9.